The van der Waals surface area contributed by atoms with Crippen molar-refractivity contribution in [2.24, 2.45) is 0 Å². The lowest BCUT2D eigenvalue weighted by atomic mass is 10.1. The van der Waals surface area contributed by atoms with Crippen molar-refractivity contribution < 1.29 is 31.9 Å². The molecule has 2 amide bonds. The van der Waals surface area contributed by atoms with Crippen LogP contribution in [0.2, 0.25) is 0 Å². The fourth-order valence-electron chi connectivity index (χ4n) is 3.52. The van der Waals surface area contributed by atoms with Gasteiger partial charge in [0.1, 0.15) is 12.3 Å². The Morgan fingerprint density at radius 3 is 2.37 bits per heavy atom. The Bertz CT molecular complexity index is 1090. The molecule has 0 unspecified atom stereocenters. The molecule has 0 radical (unpaired) electrons. The van der Waals surface area contributed by atoms with E-state index in [4.69, 9.17) is 9.15 Å². The summed E-state index contributed by atoms with van der Waals surface area (Å²) in [6, 6.07) is 17.3. The van der Waals surface area contributed by atoms with Crippen LogP contribution in [0.3, 0.4) is 0 Å². The maximum atomic E-state index is 13.3. The van der Waals surface area contributed by atoms with Crippen LogP contribution in [0.5, 0.6) is 0 Å². The number of furan rings is 1. The van der Waals surface area contributed by atoms with Gasteiger partial charge in [0.25, 0.3) is 5.91 Å². The number of alkyl halides is 3. The van der Waals surface area contributed by atoms with E-state index in [0.29, 0.717) is 18.7 Å². The van der Waals surface area contributed by atoms with E-state index >= 15 is 0 Å². The summed E-state index contributed by atoms with van der Waals surface area (Å²) in [5, 5.41) is 0. The van der Waals surface area contributed by atoms with Gasteiger partial charge in [-0.1, -0.05) is 36.4 Å². The molecule has 0 saturated carbocycles. The summed E-state index contributed by atoms with van der Waals surface area (Å²) in [5.41, 5.74) is -0.0321. The second-order valence-corrected chi connectivity index (χ2v) is 7.93. The largest absolute Gasteiger partial charge is 0.467 e. The van der Waals surface area contributed by atoms with Gasteiger partial charge in [0.05, 0.1) is 25.0 Å². The molecule has 6 nitrogen and oxygen atoms in total. The monoisotopic (exact) mass is 488 g/mol. The zero-order valence-corrected chi connectivity index (χ0v) is 19.3. The average molecular weight is 489 g/mol. The summed E-state index contributed by atoms with van der Waals surface area (Å²) in [6.07, 6.45) is -2.48. The summed E-state index contributed by atoms with van der Waals surface area (Å²) in [4.78, 5) is 29.2. The zero-order valence-electron chi connectivity index (χ0n) is 19.3. The highest BCUT2D eigenvalue weighted by atomic mass is 19.4. The van der Waals surface area contributed by atoms with E-state index < -0.39 is 17.6 Å². The topological polar surface area (TPSA) is 63.0 Å². The van der Waals surface area contributed by atoms with Crippen molar-refractivity contribution in [2.75, 3.05) is 33.4 Å². The first kappa shape index (κ1) is 26.0. The van der Waals surface area contributed by atoms with E-state index in [1.165, 1.54) is 30.4 Å². The zero-order chi connectivity index (χ0) is 25.3. The van der Waals surface area contributed by atoms with Crippen molar-refractivity contribution >= 4 is 11.8 Å². The number of hydrogen-bond acceptors (Lipinski definition) is 4. The number of halogens is 3. The molecule has 0 atom stereocenters. The van der Waals surface area contributed by atoms with Crippen LogP contribution in [-0.2, 0) is 28.7 Å². The number of rotatable bonds is 11. The number of methoxy groups -OCH3 is 1. The van der Waals surface area contributed by atoms with Crippen molar-refractivity contribution in [1.29, 1.82) is 0 Å². The minimum Gasteiger partial charge on any atom is -0.467 e. The number of ether oxygens (including phenoxy) is 1. The number of nitrogens with zero attached hydrogens (tertiary/aromatic N) is 2. The van der Waals surface area contributed by atoms with E-state index in [9.17, 15) is 22.8 Å². The van der Waals surface area contributed by atoms with Gasteiger partial charge in [-0.25, -0.2) is 0 Å². The summed E-state index contributed by atoms with van der Waals surface area (Å²) in [6.45, 7) is 0.437. The number of carbonyl (C=O) groups is 2. The minimum absolute atomic E-state index is 0.0462. The highest BCUT2D eigenvalue weighted by molar-refractivity contribution is 5.96. The third-order valence-corrected chi connectivity index (χ3v) is 5.41. The third kappa shape index (κ3) is 7.71. The Balaban J connectivity index is 1.78. The predicted molar refractivity (Wildman–Crippen MR) is 123 cm³/mol. The van der Waals surface area contributed by atoms with Gasteiger partial charge < -0.3 is 19.0 Å². The summed E-state index contributed by atoms with van der Waals surface area (Å²) < 4.78 is 49.9. The average Bonchev–Trinajstić information content (AvgIpc) is 3.37. The number of carbonyl (C=O) groups excluding carboxylic acids is 2. The van der Waals surface area contributed by atoms with Crippen LogP contribution in [0.25, 0.3) is 0 Å². The van der Waals surface area contributed by atoms with Crippen molar-refractivity contribution in [3.63, 3.8) is 0 Å². The van der Waals surface area contributed by atoms with E-state index in [2.05, 4.69) is 0 Å². The highest BCUT2D eigenvalue weighted by Crippen LogP contribution is 2.29. The molecule has 3 aromatic rings. The van der Waals surface area contributed by atoms with Gasteiger partial charge >= 0.3 is 6.18 Å². The van der Waals surface area contributed by atoms with Gasteiger partial charge in [0.2, 0.25) is 5.91 Å². The number of benzene rings is 2. The Morgan fingerprint density at radius 1 is 0.943 bits per heavy atom. The normalized spacial score (nSPS) is 11.3. The van der Waals surface area contributed by atoms with E-state index in [1.54, 1.807) is 17.0 Å². The Kier molecular flexibility index (Phi) is 9.08. The molecule has 0 fully saturated rings. The fraction of sp³-hybridized carbons (Fsp3) is 0.308. The van der Waals surface area contributed by atoms with Crippen LogP contribution in [0.4, 0.5) is 13.2 Å². The van der Waals surface area contributed by atoms with Crippen LogP contribution in [0.15, 0.2) is 77.4 Å². The van der Waals surface area contributed by atoms with Crippen LogP contribution in [0.1, 0.15) is 27.2 Å². The summed E-state index contributed by atoms with van der Waals surface area (Å²) >= 11 is 0. The van der Waals surface area contributed by atoms with Gasteiger partial charge in [0, 0.05) is 25.8 Å². The lowest BCUT2D eigenvalue weighted by Gasteiger charge is -2.27. The molecule has 35 heavy (non-hydrogen) atoms. The summed E-state index contributed by atoms with van der Waals surface area (Å²) in [7, 11) is 1.44. The Morgan fingerprint density at radius 2 is 1.71 bits per heavy atom. The highest BCUT2D eigenvalue weighted by Gasteiger charge is 2.31. The molecular weight excluding hydrogens is 461 g/mol. The van der Waals surface area contributed by atoms with Crippen LogP contribution in [-0.4, -0.2) is 55.0 Å². The molecule has 2 aromatic carbocycles. The molecule has 0 aliphatic rings. The summed E-state index contributed by atoms with van der Waals surface area (Å²) in [5.74, 6) is -0.449. The quantitative estimate of drug-likeness (QED) is 0.394. The van der Waals surface area contributed by atoms with Gasteiger partial charge in [-0.05, 0) is 42.3 Å². The van der Waals surface area contributed by atoms with E-state index in [0.717, 1.165) is 17.7 Å². The van der Waals surface area contributed by atoms with Crippen LogP contribution in [0, 0.1) is 0 Å². The van der Waals surface area contributed by atoms with Crippen molar-refractivity contribution in [3.05, 3.63) is 95.4 Å². The predicted octanol–water partition coefficient (Wildman–Crippen LogP) is 4.66. The smallest absolute Gasteiger partial charge is 0.416 e. The van der Waals surface area contributed by atoms with Gasteiger partial charge in [-0.3, -0.25) is 9.59 Å². The van der Waals surface area contributed by atoms with Crippen molar-refractivity contribution in [2.45, 2.75) is 19.1 Å². The first-order valence-electron chi connectivity index (χ1n) is 11.1. The molecule has 9 heteroatoms. The molecule has 0 aliphatic heterocycles. The molecule has 1 heterocycles. The Hall–Kier alpha value is -3.59. The first-order valence-corrected chi connectivity index (χ1v) is 11.1. The van der Waals surface area contributed by atoms with Crippen molar-refractivity contribution in [1.82, 2.24) is 9.80 Å². The molecule has 0 aliphatic carbocycles. The standard InChI is InChI=1S/C26H27F3N2O4/c1-34-16-14-31(25(33)21-9-5-10-22(17-21)26(27,28)29)19-24(32)30(18-23-11-6-15-35-23)13-12-20-7-3-2-4-8-20/h2-11,15,17H,12-14,16,18-19H2,1H3. The third-order valence-electron chi connectivity index (χ3n) is 5.41. The second-order valence-electron chi connectivity index (χ2n) is 7.93. The molecule has 0 spiro atoms. The molecule has 1 aromatic heterocycles. The SMILES string of the molecule is COCCN(CC(=O)N(CCc1ccccc1)Cc1ccco1)C(=O)c1cccc(C(F)(F)F)c1. The van der Waals surface area contributed by atoms with Gasteiger partial charge in [0.15, 0.2) is 0 Å². The van der Waals surface area contributed by atoms with Gasteiger partial charge in [-0.2, -0.15) is 13.2 Å². The molecule has 186 valence electrons. The van der Waals surface area contributed by atoms with Crippen LogP contribution < -0.4 is 0 Å². The van der Waals surface area contributed by atoms with Crippen LogP contribution >= 0.6 is 0 Å². The maximum Gasteiger partial charge on any atom is 0.416 e. The Labute approximate surface area is 201 Å². The lowest BCUT2D eigenvalue weighted by Crippen LogP contribution is -2.44. The fourth-order valence-corrected chi connectivity index (χ4v) is 3.52. The maximum absolute atomic E-state index is 13.3. The molecule has 0 saturated heterocycles. The van der Waals surface area contributed by atoms with E-state index in [1.807, 2.05) is 30.3 Å². The second kappa shape index (κ2) is 12.2. The minimum atomic E-state index is -4.58. The van der Waals surface area contributed by atoms with Crippen molar-refractivity contribution in [3.8, 4) is 0 Å². The molecule has 0 bridgehead atoms. The van der Waals surface area contributed by atoms with Gasteiger partial charge in [-0.15, -0.1) is 0 Å². The van der Waals surface area contributed by atoms with E-state index in [-0.39, 0.29) is 37.7 Å². The lowest BCUT2D eigenvalue weighted by molar-refractivity contribution is -0.137. The number of hydrogen-bond donors (Lipinski definition) is 0. The number of amides is 2. The molecule has 3 rings (SSSR count). The first-order chi connectivity index (χ1) is 16.8. The molecule has 0 N–H and O–H groups in total. The molecular formula is C26H27F3N2O4.